The fraction of sp³-hybridized carbons (Fsp3) is 1.00. The van der Waals surface area contributed by atoms with Crippen molar-refractivity contribution in [2.24, 2.45) is 0 Å². The summed E-state index contributed by atoms with van der Waals surface area (Å²) in [6.07, 6.45) is 0. The molecule has 0 spiro atoms. The van der Waals surface area contributed by atoms with Crippen LogP contribution in [0.15, 0.2) is 0 Å². The standard InChI is InChI=1S/C2H11B3N4/c1-4-7-3-8-5(6-2)9-4/h3,6-9H,1-2H3. The summed E-state index contributed by atoms with van der Waals surface area (Å²) >= 11 is 0. The van der Waals surface area contributed by atoms with E-state index in [9.17, 15) is 0 Å². The van der Waals surface area contributed by atoms with Crippen LogP contribution in [0.2, 0.25) is 6.82 Å². The molecular weight excluding hydrogens is 112 g/mol. The summed E-state index contributed by atoms with van der Waals surface area (Å²) in [5.41, 5.74) is 0. The van der Waals surface area contributed by atoms with Crippen molar-refractivity contribution in [3.8, 4) is 0 Å². The minimum Gasteiger partial charge on any atom is -0.375 e. The molecule has 48 valence electrons. The van der Waals surface area contributed by atoms with Gasteiger partial charge >= 0.3 is 7.12 Å². The van der Waals surface area contributed by atoms with Gasteiger partial charge in [-0.25, -0.2) is 0 Å². The van der Waals surface area contributed by atoms with E-state index in [4.69, 9.17) is 0 Å². The van der Waals surface area contributed by atoms with Crippen LogP contribution in [0.4, 0.5) is 0 Å². The minimum atomic E-state index is 0.251. The SMILES string of the molecule is CNB1NBNB(C)N1. The Morgan fingerprint density at radius 3 is 2.67 bits per heavy atom. The normalized spacial score (nSPS) is 19.8. The molecule has 0 saturated carbocycles. The maximum atomic E-state index is 3.23. The molecule has 0 aromatic heterocycles. The fourth-order valence-corrected chi connectivity index (χ4v) is 0.867. The van der Waals surface area contributed by atoms with E-state index in [-0.39, 0.29) is 7.12 Å². The van der Waals surface area contributed by atoms with Crippen molar-refractivity contribution in [2.45, 2.75) is 6.82 Å². The Hall–Kier alpha value is 0.0348. The van der Waals surface area contributed by atoms with Gasteiger partial charge < -0.3 is 20.6 Å². The molecule has 0 amide bonds. The molecule has 1 saturated heterocycles. The first-order valence-corrected chi connectivity index (χ1v) is 3.23. The lowest BCUT2D eigenvalue weighted by Gasteiger charge is -2.24. The minimum absolute atomic E-state index is 0.251. The Kier molecular flexibility index (Phi) is 2.59. The summed E-state index contributed by atoms with van der Waals surface area (Å²) in [6.45, 7) is 2.48. The molecule has 4 nitrogen and oxygen atoms in total. The van der Waals surface area contributed by atoms with Crippen LogP contribution in [0.1, 0.15) is 0 Å². The molecular formula is C2H11B3N4. The van der Waals surface area contributed by atoms with Gasteiger partial charge in [0.25, 0.3) is 14.5 Å². The van der Waals surface area contributed by atoms with Gasteiger partial charge in [-0.3, -0.25) is 0 Å². The molecule has 1 aliphatic rings. The average Bonchev–Trinajstić information content (AvgIpc) is 1.88. The molecule has 1 heterocycles. The largest absolute Gasteiger partial charge is 0.375 e. The first-order valence-electron chi connectivity index (χ1n) is 3.23. The quantitative estimate of drug-likeness (QED) is 0.288. The highest BCUT2D eigenvalue weighted by Gasteiger charge is 2.22. The lowest BCUT2D eigenvalue weighted by Crippen LogP contribution is -2.72. The number of rotatable bonds is 1. The summed E-state index contributed by atoms with van der Waals surface area (Å²) in [4.78, 5) is 0. The van der Waals surface area contributed by atoms with Crippen LogP contribution in [0.5, 0.6) is 0 Å². The third kappa shape index (κ3) is 2.02. The van der Waals surface area contributed by atoms with Gasteiger partial charge in [0, 0.05) is 0 Å². The van der Waals surface area contributed by atoms with E-state index in [0.717, 1.165) is 7.55 Å². The molecule has 4 N–H and O–H groups in total. The Bertz CT molecular complexity index is 89.9. The maximum absolute atomic E-state index is 3.23. The van der Waals surface area contributed by atoms with Crippen molar-refractivity contribution in [1.29, 1.82) is 0 Å². The molecule has 0 aromatic rings. The van der Waals surface area contributed by atoms with E-state index in [1.165, 1.54) is 0 Å². The van der Waals surface area contributed by atoms with Gasteiger partial charge in [0.15, 0.2) is 0 Å². The molecule has 1 fully saturated rings. The molecule has 0 atom stereocenters. The van der Waals surface area contributed by atoms with Gasteiger partial charge in [0.1, 0.15) is 0 Å². The molecule has 0 aromatic carbocycles. The maximum Gasteiger partial charge on any atom is 0.373 e. The first-order chi connectivity index (χ1) is 4.33. The van der Waals surface area contributed by atoms with Gasteiger partial charge in [-0.2, -0.15) is 0 Å². The molecule has 1 aliphatic heterocycles. The van der Waals surface area contributed by atoms with E-state index in [0.29, 0.717) is 6.98 Å². The molecule has 0 bridgehead atoms. The second kappa shape index (κ2) is 3.27. The van der Waals surface area contributed by atoms with Crippen LogP contribution in [0, 0.1) is 0 Å². The molecule has 1 rings (SSSR count). The Morgan fingerprint density at radius 2 is 2.22 bits per heavy atom. The highest BCUT2D eigenvalue weighted by molar-refractivity contribution is 6.80. The Balaban J connectivity index is 2.23. The predicted molar refractivity (Wildman–Crippen MR) is 43.0 cm³/mol. The summed E-state index contributed by atoms with van der Waals surface area (Å²) in [5, 5.41) is 12.7. The van der Waals surface area contributed by atoms with Crippen molar-refractivity contribution in [1.82, 2.24) is 20.6 Å². The van der Waals surface area contributed by atoms with Crippen LogP contribution in [-0.2, 0) is 0 Å². The van der Waals surface area contributed by atoms with Crippen molar-refractivity contribution >= 4 is 21.6 Å². The zero-order valence-corrected chi connectivity index (χ0v) is 5.86. The smallest absolute Gasteiger partial charge is 0.373 e. The van der Waals surface area contributed by atoms with E-state index in [2.05, 4.69) is 27.5 Å². The lowest BCUT2D eigenvalue weighted by atomic mass is 9.63. The third-order valence-electron chi connectivity index (χ3n) is 1.42. The fourth-order valence-electron chi connectivity index (χ4n) is 0.867. The van der Waals surface area contributed by atoms with Crippen LogP contribution in [0.3, 0.4) is 0 Å². The monoisotopic (exact) mass is 124 g/mol. The topological polar surface area (TPSA) is 48.1 Å². The van der Waals surface area contributed by atoms with Crippen molar-refractivity contribution in [3.63, 3.8) is 0 Å². The number of hydrogen-bond acceptors (Lipinski definition) is 4. The van der Waals surface area contributed by atoms with Crippen LogP contribution in [-0.4, -0.2) is 28.7 Å². The molecule has 9 heavy (non-hydrogen) atoms. The van der Waals surface area contributed by atoms with Gasteiger partial charge in [-0.05, 0) is 7.05 Å². The van der Waals surface area contributed by atoms with Gasteiger partial charge in [-0.15, -0.1) is 0 Å². The summed E-state index contributed by atoms with van der Waals surface area (Å²) in [6, 6.07) is 0. The third-order valence-corrected chi connectivity index (χ3v) is 1.42. The van der Waals surface area contributed by atoms with Crippen molar-refractivity contribution in [3.05, 3.63) is 0 Å². The highest BCUT2D eigenvalue weighted by atomic mass is 15.1. The van der Waals surface area contributed by atoms with E-state index >= 15 is 0 Å². The lowest BCUT2D eigenvalue weighted by molar-refractivity contribution is 1.06. The van der Waals surface area contributed by atoms with Gasteiger partial charge in [-0.1, -0.05) is 6.82 Å². The van der Waals surface area contributed by atoms with E-state index < -0.39 is 0 Å². The van der Waals surface area contributed by atoms with Crippen LogP contribution >= 0.6 is 0 Å². The van der Waals surface area contributed by atoms with Crippen LogP contribution in [0.25, 0.3) is 0 Å². The second-order valence-electron chi connectivity index (χ2n) is 2.20. The van der Waals surface area contributed by atoms with E-state index in [1.807, 2.05) is 7.05 Å². The number of nitrogens with one attached hydrogen (secondary N) is 4. The zero-order chi connectivity index (χ0) is 6.69. The average molecular weight is 124 g/mol. The van der Waals surface area contributed by atoms with Gasteiger partial charge in [0.05, 0.1) is 0 Å². The molecule has 0 radical (unpaired) electrons. The summed E-state index contributed by atoms with van der Waals surface area (Å²) < 4.78 is 0. The van der Waals surface area contributed by atoms with Crippen molar-refractivity contribution in [2.75, 3.05) is 7.05 Å². The summed E-state index contributed by atoms with van der Waals surface area (Å²) in [7, 11) is 3.03. The Morgan fingerprint density at radius 1 is 1.44 bits per heavy atom. The molecule has 7 heteroatoms. The highest BCUT2D eigenvalue weighted by Crippen LogP contribution is 1.72. The zero-order valence-electron chi connectivity index (χ0n) is 5.86. The van der Waals surface area contributed by atoms with Crippen LogP contribution < -0.4 is 20.6 Å². The van der Waals surface area contributed by atoms with Crippen molar-refractivity contribution < 1.29 is 0 Å². The predicted octanol–water partition coefficient (Wildman–Crippen LogP) is -2.64. The number of hydrogen-bond donors (Lipinski definition) is 4. The second-order valence-corrected chi connectivity index (χ2v) is 2.20. The van der Waals surface area contributed by atoms with Gasteiger partial charge in [0.2, 0.25) is 0 Å². The molecule has 0 aliphatic carbocycles. The Labute approximate surface area is 57.1 Å². The summed E-state index contributed by atoms with van der Waals surface area (Å²) in [5.74, 6) is 0. The first kappa shape index (κ1) is 7.15. The van der Waals surface area contributed by atoms with E-state index in [1.54, 1.807) is 0 Å². The molecule has 0 unspecified atom stereocenters.